The number of furan rings is 1. The first-order chi connectivity index (χ1) is 12.4. The summed E-state index contributed by atoms with van der Waals surface area (Å²) < 4.78 is 11.6. The van der Waals surface area contributed by atoms with Crippen LogP contribution in [0.25, 0.3) is 21.0 Å². The Morgan fingerprint density at radius 3 is 2.69 bits per heavy atom. The average molecular weight is 372 g/mol. The predicted octanol–water partition coefficient (Wildman–Crippen LogP) is 3.87. The smallest absolute Gasteiger partial charge is 0.374 e. The molecule has 0 unspecified atom stereocenters. The second-order valence-electron chi connectivity index (χ2n) is 6.33. The highest BCUT2D eigenvalue weighted by molar-refractivity contribution is 7.21. The Hall–Kier alpha value is -2.67. The van der Waals surface area contributed by atoms with Crippen molar-refractivity contribution in [3.63, 3.8) is 0 Å². The van der Waals surface area contributed by atoms with Crippen molar-refractivity contribution in [3.05, 3.63) is 42.2 Å². The van der Waals surface area contributed by atoms with E-state index >= 15 is 0 Å². The van der Waals surface area contributed by atoms with Crippen LogP contribution in [0.2, 0.25) is 0 Å². The number of esters is 1. The summed E-state index contributed by atoms with van der Waals surface area (Å²) in [4.78, 5) is 28.4. The van der Waals surface area contributed by atoms with Crippen molar-refractivity contribution in [2.45, 2.75) is 26.8 Å². The van der Waals surface area contributed by atoms with Crippen LogP contribution in [0.5, 0.6) is 0 Å². The Morgan fingerprint density at radius 2 is 1.96 bits per heavy atom. The van der Waals surface area contributed by atoms with Crippen LogP contribution < -0.4 is 5.32 Å². The summed E-state index contributed by atoms with van der Waals surface area (Å²) in [6.45, 7) is 5.57. The molecule has 6 nitrogen and oxygen atoms in total. The van der Waals surface area contributed by atoms with Gasteiger partial charge < -0.3 is 14.5 Å². The van der Waals surface area contributed by atoms with Gasteiger partial charge in [-0.25, -0.2) is 9.78 Å². The summed E-state index contributed by atoms with van der Waals surface area (Å²) in [5.74, 6) is -0.168. The van der Waals surface area contributed by atoms with E-state index in [-0.39, 0.29) is 24.3 Å². The minimum Gasteiger partial charge on any atom is -0.450 e. The number of nitrogens with zero attached hydrogens (tertiary/aromatic N) is 1. The van der Waals surface area contributed by atoms with Crippen LogP contribution in [0.3, 0.4) is 0 Å². The van der Waals surface area contributed by atoms with Crippen LogP contribution in [0, 0.1) is 5.92 Å². The Bertz CT molecular complexity index is 895. The molecule has 0 saturated carbocycles. The summed E-state index contributed by atoms with van der Waals surface area (Å²) >= 11 is 1.48. The van der Waals surface area contributed by atoms with E-state index in [0.717, 1.165) is 10.2 Å². The molecule has 0 aliphatic rings. The Morgan fingerprint density at radius 1 is 1.19 bits per heavy atom. The lowest BCUT2D eigenvalue weighted by atomic mass is 10.1. The molecular formula is C19H20N2O4S. The number of hydrogen-bond donors (Lipinski definition) is 1. The highest BCUT2D eigenvalue weighted by atomic mass is 32.1. The molecule has 136 valence electrons. The zero-order chi connectivity index (χ0) is 18.7. The van der Waals surface area contributed by atoms with E-state index in [2.05, 4.69) is 10.3 Å². The quantitative estimate of drug-likeness (QED) is 0.664. The fourth-order valence-corrected chi connectivity index (χ4v) is 3.13. The maximum Gasteiger partial charge on any atom is 0.374 e. The highest BCUT2D eigenvalue weighted by Gasteiger charge is 2.18. The van der Waals surface area contributed by atoms with Gasteiger partial charge in [0.05, 0.1) is 10.2 Å². The Kier molecular flexibility index (Phi) is 5.37. The lowest BCUT2D eigenvalue weighted by Crippen LogP contribution is -2.38. The van der Waals surface area contributed by atoms with Crippen molar-refractivity contribution in [1.29, 1.82) is 0 Å². The summed E-state index contributed by atoms with van der Waals surface area (Å²) in [5.41, 5.74) is 0.879. The number of ether oxygens (including phenoxy) is 1. The molecular weight excluding hydrogens is 352 g/mol. The Balaban J connectivity index is 1.62. The molecule has 0 aliphatic heterocycles. The minimum atomic E-state index is -0.676. The van der Waals surface area contributed by atoms with Crippen LogP contribution in [-0.2, 0) is 9.53 Å². The zero-order valence-electron chi connectivity index (χ0n) is 14.8. The van der Waals surface area contributed by atoms with Crippen LogP contribution in [0.15, 0.2) is 40.8 Å². The van der Waals surface area contributed by atoms with E-state index in [9.17, 15) is 9.59 Å². The molecule has 1 amide bonds. The van der Waals surface area contributed by atoms with Crippen molar-refractivity contribution in [1.82, 2.24) is 10.3 Å². The largest absolute Gasteiger partial charge is 0.450 e. The SMILES string of the molecule is CC(C)[C@@H](C)NC(=O)COC(=O)c1ccc(-c2nc3ccccc3s2)o1. The van der Waals surface area contributed by atoms with Crippen LogP contribution in [0.1, 0.15) is 31.3 Å². The minimum absolute atomic E-state index is 0.00968. The summed E-state index contributed by atoms with van der Waals surface area (Å²) in [6, 6.07) is 11.0. The van der Waals surface area contributed by atoms with Gasteiger partial charge in [0, 0.05) is 6.04 Å². The molecule has 1 N–H and O–H groups in total. The molecule has 26 heavy (non-hydrogen) atoms. The second-order valence-corrected chi connectivity index (χ2v) is 7.36. The number of hydrogen-bond acceptors (Lipinski definition) is 6. The maximum atomic E-state index is 12.1. The van der Waals surface area contributed by atoms with Crippen molar-refractivity contribution in [2.24, 2.45) is 5.92 Å². The molecule has 0 fully saturated rings. The molecule has 7 heteroatoms. The van der Waals surface area contributed by atoms with Crippen LogP contribution in [-0.4, -0.2) is 29.5 Å². The van der Waals surface area contributed by atoms with Crippen molar-refractivity contribution >= 4 is 33.4 Å². The van der Waals surface area contributed by atoms with Crippen molar-refractivity contribution < 1.29 is 18.7 Å². The first-order valence-corrected chi connectivity index (χ1v) is 9.18. The third-order valence-corrected chi connectivity index (χ3v) is 5.09. The van der Waals surface area contributed by atoms with Crippen LogP contribution in [0.4, 0.5) is 0 Å². The monoisotopic (exact) mass is 372 g/mol. The van der Waals surface area contributed by atoms with Crippen LogP contribution >= 0.6 is 11.3 Å². The van der Waals surface area contributed by atoms with Gasteiger partial charge in [-0.3, -0.25) is 4.79 Å². The van der Waals surface area contributed by atoms with Crippen molar-refractivity contribution in [2.75, 3.05) is 6.61 Å². The fraction of sp³-hybridized carbons (Fsp3) is 0.316. The number of thiazole rings is 1. The molecule has 2 aromatic heterocycles. The van der Waals surface area contributed by atoms with Gasteiger partial charge in [-0.1, -0.05) is 26.0 Å². The predicted molar refractivity (Wildman–Crippen MR) is 100 cm³/mol. The molecule has 0 bridgehead atoms. The van der Waals surface area contributed by atoms with E-state index in [1.807, 2.05) is 45.0 Å². The van der Waals surface area contributed by atoms with Gasteiger partial charge >= 0.3 is 5.97 Å². The summed E-state index contributed by atoms with van der Waals surface area (Å²) in [7, 11) is 0. The van der Waals surface area contributed by atoms with Crippen molar-refractivity contribution in [3.8, 4) is 10.8 Å². The lowest BCUT2D eigenvalue weighted by molar-refractivity contribution is -0.125. The summed E-state index contributed by atoms with van der Waals surface area (Å²) in [5, 5.41) is 3.47. The van der Waals surface area contributed by atoms with Gasteiger partial charge in [-0.2, -0.15) is 0 Å². The standard InChI is InChI=1S/C19H20N2O4S/c1-11(2)12(3)20-17(22)10-24-19(23)15-9-8-14(25-15)18-21-13-6-4-5-7-16(13)26-18/h4-9,11-12H,10H2,1-3H3,(H,20,22)/t12-/m1/s1. The highest BCUT2D eigenvalue weighted by Crippen LogP contribution is 2.31. The number of aromatic nitrogens is 1. The summed E-state index contributed by atoms with van der Waals surface area (Å²) in [6.07, 6.45) is 0. The molecule has 1 aromatic carbocycles. The first kappa shape index (κ1) is 18.1. The van der Waals surface area contributed by atoms with Gasteiger partial charge in [0.15, 0.2) is 17.4 Å². The van der Waals surface area contributed by atoms with Gasteiger partial charge in [0.2, 0.25) is 5.76 Å². The average Bonchev–Trinajstić information content (AvgIpc) is 3.25. The van der Waals surface area contributed by atoms with Gasteiger partial charge in [0.25, 0.3) is 5.91 Å². The van der Waals surface area contributed by atoms with E-state index in [0.29, 0.717) is 16.7 Å². The molecule has 3 rings (SSSR count). The van der Waals surface area contributed by atoms with E-state index in [1.54, 1.807) is 6.07 Å². The molecule has 1 atom stereocenters. The molecule has 0 saturated heterocycles. The van der Waals surface area contributed by atoms with E-state index in [1.165, 1.54) is 17.4 Å². The van der Waals surface area contributed by atoms with Gasteiger partial charge in [0.1, 0.15) is 0 Å². The molecule has 3 aromatic rings. The van der Waals surface area contributed by atoms with E-state index < -0.39 is 5.97 Å². The number of rotatable bonds is 6. The third kappa shape index (κ3) is 4.11. The normalized spacial score (nSPS) is 12.3. The number of nitrogens with one attached hydrogen (secondary N) is 1. The first-order valence-electron chi connectivity index (χ1n) is 8.36. The molecule has 2 heterocycles. The number of amides is 1. The number of fused-ring (bicyclic) bond motifs is 1. The maximum absolute atomic E-state index is 12.1. The zero-order valence-corrected chi connectivity index (χ0v) is 15.6. The van der Waals surface area contributed by atoms with E-state index in [4.69, 9.17) is 9.15 Å². The number of carbonyl (C=O) groups is 2. The van der Waals surface area contributed by atoms with Gasteiger partial charge in [-0.15, -0.1) is 11.3 Å². The molecule has 0 aliphatic carbocycles. The van der Waals surface area contributed by atoms with Gasteiger partial charge in [-0.05, 0) is 37.1 Å². The molecule has 0 spiro atoms. The number of para-hydroxylation sites is 1. The topological polar surface area (TPSA) is 81.4 Å². The molecule has 0 radical (unpaired) electrons. The lowest BCUT2D eigenvalue weighted by Gasteiger charge is -2.17. The fourth-order valence-electron chi connectivity index (χ4n) is 2.20. The Labute approximate surface area is 155 Å². The number of carbonyl (C=O) groups excluding carboxylic acids is 2. The number of benzene rings is 1. The second kappa shape index (κ2) is 7.70. The third-order valence-electron chi connectivity index (χ3n) is 4.03.